The van der Waals surface area contributed by atoms with Crippen molar-refractivity contribution in [3.05, 3.63) is 47.3 Å². The molecule has 1 aliphatic heterocycles. The zero-order valence-electron chi connectivity index (χ0n) is 12.7. The van der Waals surface area contributed by atoms with Crippen LogP contribution in [-0.2, 0) is 16.1 Å². The summed E-state index contributed by atoms with van der Waals surface area (Å²) in [4.78, 5) is 13.9. The van der Waals surface area contributed by atoms with E-state index in [-0.39, 0.29) is 23.5 Å². The van der Waals surface area contributed by atoms with E-state index in [2.05, 4.69) is 6.58 Å². The van der Waals surface area contributed by atoms with Gasteiger partial charge in [-0.2, -0.15) is 0 Å². The molecule has 0 radical (unpaired) electrons. The van der Waals surface area contributed by atoms with Crippen molar-refractivity contribution in [3.63, 3.8) is 0 Å². The third-order valence-corrected chi connectivity index (χ3v) is 4.56. The molecule has 2 rings (SSSR count). The Bertz CT molecular complexity index is 543. The van der Waals surface area contributed by atoms with Crippen molar-refractivity contribution >= 4 is 17.5 Å². The van der Waals surface area contributed by atoms with Gasteiger partial charge in [0.05, 0.1) is 5.02 Å². The van der Waals surface area contributed by atoms with E-state index in [0.717, 1.165) is 12.8 Å². The van der Waals surface area contributed by atoms with E-state index in [9.17, 15) is 9.18 Å². The van der Waals surface area contributed by atoms with E-state index in [1.54, 1.807) is 17.0 Å². The lowest BCUT2D eigenvalue weighted by atomic mass is 9.91. The Morgan fingerprint density at radius 1 is 1.55 bits per heavy atom. The molecule has 0 aromatic heterocycles. The predicted molar refractivity (Wildman–Crippen MR) is 85.2 cm³/mol. The van der Waals surface area contributed by atoms with Gasteiger partial charge in [-0.05, 0) is 37.8 Å². The Morgan fingerprint density at radius 2 is 2.23 bits per heavy atom. The lowest BCUT2D eigenvalue weighted by Gasteiger charge is -2.36. The Labute approximate surface area is 135 Å². The Morgan fingerprint density at radius 3 is 2.86 bits per heavy atom. The van der Waals surface area contributed by atoms with Gasteiger partial charge in [-0.3, -0.25) is 4.79 Å². The number of ether oxygens (including phenoxy) is 1. The standard InChI is InChI=1S/C17H21ClFNO2/c1-3-16(21)20(12(2)13-7-9-22-10-8-13)11-14-5-4-6-15(18)17(14)19/h3-6,12-13H,1,7-11H2,2H3. The number of hydrogen-bond donors (Lipinski definition) is 0. The molecule has 1 unspecified atom stereocenters. The predicted octanol–water partition coefficient (Wildman–Crippen LogP) is 3.81. The number of halogens is 2. The largest absolute Gasteiger partial charge is 0.381 e. The van der Waals surface area contributed by atoms with Gasteiger partial charge in [0.15, 0.2) is 0 Å². The average molecular weight is 326 g/mol. The molecule has 0 spiro atoms. The molecule has 3 nitrogen and oxygen atoms in total. The summed E-state index contributed by atoms with van der Waals surface area (Å²) in [5, 5.41) is 0.0715. The Balaban J connectivity index is 2.20. The van der Waals surface area contributed by atoms with Crippen LogP contribution in [0.4, 0.5) is 4.39 Å². The van der Waals surface area contributed by atoms with Crippen LogP contribution in [0.5, 0.6) is 0 Å². The number of benzene rings is 1. The molecule has 1 saturated heterocycles. The zero-order valence-corrected chi connectivity index (χ0v) is 13.5. The third kappa shape index (κ3) is 3.87. The van der Waals surface area contributed by atoms with E-state index in [1.807, 2.05) is 6.92 Å². The number of carbonyl (C=O) groups excluding carboxylic acids is 1. The summed E-state index contributed by atoms with van der Waals surface area (Å²) >= 11 is 5.82. The summed E-state index contributed by atoms with van der Waals surface area (Å²) < 4.78 is 19.5. The number of carbonyl (C=O) groups is 1. The first kappa shape index (κ1) is 17.0. The zero-order chi connectivity index (χ0) is 16.1. The second kappa shape index (κ2) is 7.75. The average Bonchev–Trinajstić information content (AvgIpc) is 2.55. The molecular weight excluding hydrogens is 305 g/mol. The molecule has 1 aromatic carbocycles. The molecule has 0 N–H and O–H groups in total. The van der Waals surface area contributed by atoms with E-state index in [4.69, 9.17) is 16.3 Å². The minimum Gasteiger partial charge on any atom is -0.381 e. The van der Waals surface area contributed by atoms with Crippen LogP contribution in [0.3, 0.4) is 0 Å². The second-order valence-corrected chi connectivity index (χ2v) is 5.98. The fraction of sp³-hybridized carbons (Fsp3) is 0.471. The summed E-state index contributed by atoms with van der Waals surface area (Å²) in [5.41, 5.74) is 0.418. The molecule has 0 saturated carbocycles. The van der Waals surface area contributed by atoms with Gasteiger partial charge in [-0.1, -0.05) is 30.3 Å². The van der Waals surface area contributed by atoms with Crippen molar-refractivity contribution in [1.82, 2.24) is 4.90 Å². The lowest BCUT2D eigenvalue weighted by molar-refractivity contribution is -0.130. The van der Waals surface area contributed by atoms with Gasteiger partial charge in [0.2, 0.25) is 5.91 Å². The number of rotatable bonds is 5. The minimum atomic E-state index is -0.467. The Kier molecular flexibility index (Phi) is 5.98. The van der Waals surface area contributed by atoms with Crippen molar-refractivity contribution in [2.45, 2.75) is 32.4 Å². The van der Waals surface area contributed by atoms with Crippen LogP contribution in [-0.4, -0.2) is 30.1 Å². The highest BCUT2D eigenvalue weighted by molar-refractivity contribution is 6.30. The van der Waals surface area contributed by atoms with Crippen LogP contribution in [0.15, 0.2) is 30.9 Å². The fourth-order valence-corrected chi connectivity index (χ4v) is 3.04. The third-order valence-electron chi connectivity index (χ3n) is 4.27. The lowest BCUT2D eigenvalue weighted by Crippen LogP contribution is -2.43. The molecule has 1 heterocycles. The van der Waals surface area contributed by atoms with E-state index in [1.165, 1.54) is 12.1 Å². The van der Waals surface area contributed by atoms with Crippen LogP contribution in [0.2, 0.25) is 5.02 Å². The van der Waals surface area contributed by atoms with Gasteiger partial charge in [-0.15, -0.1) is 0 Å². The van der Waals surface area contributed by atoms with Gasteiger partial charge in [0, 0.05) is 31.4 Å². The molecule has 120 valence electrons. The van der Waals surface area contributed by atoms with Gasteiger partial charge in [-0.25, -0.2) is 4.39 Å². The van der Waals surface area contributed by atoms with E-state index >= 15 is 0 Å². The van der Waals surface area contributed by atoms with Crippen molar-refractivity contribution in [1.29, 1.82) is 0 Å². The van der Waals surface area contributed by atoms with Gasteiger partial charge < -0.3 is 9.64 Å². The smallest absolute Gasteiger partial charge is 0.246 e. The van der Waals surface area contributed by atoms with Crippen LogP contribution in [0.25, 0.3) is 0 Å². The fourth-order valence-electron chi connectivity index (χ4n) is 2.85. The highest BCUT2D eigenvalue weighted by Gasteiger charge is 2.28. The quantitative estimate of drug-likeness (QED) is 0.770. The highest BCUT2D eigenvalue weighted by atomic mass is 35.5. The van der Waals surface area contributed by atoms with E-state index in [0.29, 0.717) is 24.7 Å². The van der Waals surface area contributed by atoms with Gasteiger partial charge in [0.1, 0.15) is 5.82 Å². The summed E-state index contributed by atoms with van der Waals surface area (Å²) in [6, 6.07) is 4.84. The minimum absolute atomic E-state index is 0.00668. The maximum atomic E-state index is 14.1. The number of hydrogen-bond acceptors (Lipinski definition) is 2. The summed E-state index contributed by atoms with van der Waals surface area (Å²) in [5.74, 6) is -0.316. The van der Waals surface area contributed by atoms with E-state index < -0.39 is 5.82 Å². The maximum absolute atomic E-state index is 14.1. The maximum Gasteiger partial charge on any atom is 0.246 e. The van der Waals surface area contributed by atoms with Crippen molar-refractivity contribution in [2.75, 3.05) is 13.2 Å². The van der Waals surface area contributed by atoms with Crippen LogP contribution in [0, 0.1) is 11.7 Å². The molecular formula is C17H21ClFNO2. The molecule has 22 heavy (non-hydrogen) atoms. The molecule has 1 amide bonds. The first-order valence-electron chi connectivity index (χ1n) is 7.48. The van der Waals surface area contributed by atoms with Crippen LogP contribution in [0.1, 0.15) is 25.3 Å². The normalized spacial score (nSPS) is 17.0. The molecule has 1 fully saturated rings. The van der Waals surface area contributed by atoms with Crippen molar-refractivity contribution in [2.24, 2.45) is 5.92 Å². The summed E-state index contributed by atoms with van der Waals surface area (Å²) in [6.45, 7) is 7.16. The topological polar surface area (TPSA) is 29.5 Å². The van der Waals surface area contributed by atoms with Crippen molar-refractivity contribution in [3.8, 4) is 0 Å². The number of amides is 1. The Hall–Kier alpha value is -1.39. The molecule has 0 aliphatic carbocycles. The highest BCUT2D eigenvalue weighted by Crippen LogP contribution is 2.26. The molecule has 1 aliphatic rings. The van der Waals surface area contributed by atoms with Crippen LogP contribution < -0.4 is 0 Å². The first-order chi connectivity index (χ1) is 10.5. The molecule has 1 aromatic rings. The summed E-state index contributed by atoms with van der Waals surface area (Å²) in [6.07, 6.45) is 3.08. The molecule has 1 atom stereocenters. The molecule has 0 bridgehead atoms. The number of nitrogens with zero attached hydrogens (tertiary/aromatic N) is 1. The summed E-state index contributed by atoms with van der Waals surface area (Å²) in [7, 11) is 0. The molecule has 5 heteroatoms. The first-order valence-corrected chi connectivity index (χ1v) is 7.86. The van der Waals surface area contributed by atoms with Gasteiger partial charge >= 0.3 is 0 Å². The second-order valence-electron chi connectivity index (χ2n) is 5.57. The SMILES string of the molecule is C=CC(=O)N(Cc1cccc(Cl)c1F)C(C)C1CCOCC1. The monoisotopic (exact) mass is 325 g/mol. The van der Waals surface area contributed by atoms with Crippen LogP contribution >= 0.6 is 11.6 Å². The van der Waals surface area contributed by atoms with Crippen molar-refractivity contribution < 1.29 is 13.9 Å². The van der Waals surface area contributed by atoms with Gasteiger partial charge in [0.25, 0.3) is 0 Å².